The van der Waals surface area contributed by atoms with E-state index in [9.17, 15) is 14.7 Å². The molecule has 1 N–H and O–H groups in total. The largest absolute Gasteiger partial charge is 0.463 e. The predicted octanol–water partition coefficient (Wildman–Crippen LogP) is -0.412. The van der Waals surface area contributed by atoms with Crippen LogP contribution in [0.25, 0.3) is 0 Å². The average molecular weight is 218 g/mol. The van der Waals surface area contributed by atoms with Crippen molar-refractivity contribution in [3.05, 3.63) is 0 Å². The third-order valence-electron chi connectivity index (χ3n) is 1.93. The van der Waals surface area contributed by atoms with E-state index in [1.807, 2.05) is 0 Å². The molecule has 0 amide bonds. The molecule has 0 aromatic rings. The Hall–Kier alpha value is -1.14. The number of carbonyl (C=O) groups excluding carboxylic acids is 2. The van der Waals surface area contributed by atoms with Crippen LogP contribution in [0.15, 0.2) is 0 Å². The van der Waals surface area contributed by atoms with Crippen molar-refractivity contribution in [2.45, 2.75) is 38.8 Å². The monoisotopic (exact) mass is 218 g/mol. The molecule has 0 bridgehead atoms. The lowest BCUT2D eigenvalue weighted by Crippen LogP contribution is -2.25. The van der Waals surface area contributed by atoms with Crippen LogP contribution >= 0.6 is 0 Å². The molecule has 1 aliphatic rings. The highest BCUT2D eigenvalue weighted by atomic mass is 16.7. The molecule has 0 aliphatic carbocycles. The summed E-state index contributed by atoms with van der Waals surface area (Å²) >= 11 is 0. The van der Waals surface area contributed by atoms with Crippen LogP contribution in [0, 0.1) is 0 Å². The standard InChI is InChI=1S/C9H14O6/c1-5(10)13-4-7-3-8(9(12)15-7)14-6(2)11/h7-9,12H,3-4H2,1-2H3/t7-,8-,9+/m1/s1. The minimum Gasteiger partial charge on any atom is -0.463 e. The Labute approximate surface area is 87.1 Å². The van der Waals surface area contributed by atoms with Crippen LogP contribution in [0.4, 0.5) is 0 Å². The Morgan fingerprint density at radius 1 is 1.40 bits per heavy atom. The summed E-state index contributed by atoms with van der Waals surface area (Å²) in [7, 11) is 0. The van der Waals surface area contributed by atoms with E-state index in [-0.39, 0.29) is 6.61 Å². The molecule has 1 heterocycles. The van der Waals surface area contributed by atoms with E-state index in [1.54, 1.807) is 0 Å². The molecule has 6 nitrogen and oxygen atoms in total. The van der Waals surface area contributed by atoms with Crippen molar-refractivity contribution >= 4 is 11.9 Å². The number of aliphatic hydroxyl groups is 1. The summed E-state index contributed by atoms with van der Waals surface area (Å²) in [6, 6.07) is 0. The molecule has 0 aromatic heterocycles. The Kier molecular flexibility index (Phi) is 4.05. The highest BCUT2D eigenvalue weighted by Crippen LogP contribution is 2.21. The summed E-state index contributed by atoms with van der Waals surface area (Å²) in [5.74, 6) is -0.889. The fourth-order valence-corrected chi connectivity index (χ4v) is 1.35. The van der Waals surface area contributed by atoms with E-state index >= 15 is 0 Å². The summed E-state index contributed by atoms with van der Waals surface area (Å²) in [6.07, 6.45) is -1.92. The number of hydrogen-bond donors (Lipinski definition) is 1. The Balaban J connectivity index is 2.34. The van der Waals surface area contributed by atoms with Gasteiger partial charge in [0.2, 0.25) is 0 Å². The van der Waals surface area contributed by atoms with Gasteiger partial charge in [-0.3, -0.25) is 9.59 Å². The maximum Gasteiger partial charge on any atom is 0.303 e. The topological polar surface area (TPSA) is 82.1 Å². The van der Waals surface area contributed by atoms with Crippen LogP contribution < -0.4 is 0 Å². The number of esters is 2. The summed E-state index contributed by atoms with van der Waals surface area (Å²) in [6.45, 7) is 2.60. The Morgan fingerprint density at radius 3 is 2.60 bits per heavy atom. The smallest absolute Gasteiger partial charge is 0.303 e. The zero-order valence-corrected chi connectivity index (χ0v) is 8.63. The minimum absolute atomic E-state index is 0.0597. The summed E-state index contributed by atoms with van der Waals surface area (Å²) in [5.41, 5.74) is 0. The van der Waals surface area contributed by atoms with Gasteiger partial charge in [0.15, 0.2) is 12.4 Å². The van der Waals surface area contributed by atoms with Gasteiger partial charge in [-0.05, 0) is 0 Å². The molecule has 1 saturated heterocycles. The molecule has 0 aromatic carbocycles. The van der Waals surface area contributed by atoms with Gasteiger partial charge in [0.25, 0.3) is 0 Å². The molecule has 0 radical (unpaired) electrons. The highest BCUT2D eigenvalue weighted by molar-refractivity contribution is 5.66. The van der Waals surface area contributed by atoms with Crippen LogP contribution in [0.2, 0.25) is 0 Å². The lowest BCUT2D eigenvalue weighted by molar-refractivity contribution is -0.170. The van der Waals surface area contributed by atoms with Gasteiger partial charge >= 0.3 is 11.9 Å². The lowest BCUT2D eigenvalue weighted by atomic mass is 10.2. The number of rotatable bonds is 3. The lowest BCUT2D eigenvalue weighted by Gasteiger charge is -2.11. The van der Waals surface area contributed by atoms with Gasteiger partial charge in [0.1, 0.15) is 6.61 Å². The molecule has 1 fully saturated rings. The van der Waals surface area contributed by atoms with E-state index in [2.05, 4.69) is 0 Å². The zero-order valence-electron chi connectivity index (χ0n) is 8.63. The molecule has 0 unspecified atom stereocenters. The fourth-order valence-electron chi connectivity index (χ4n) is 1.35. The number of aliphatic hydroxyl groups excluding tert-OH is 1. The minimum atomic E-state index is -1.14. The van der Waals surface area contributed by atoms with E-state index in [1.165, 1.54) is 13.8 Å². The molecule has 6 heteroatoms. The third kappa shape index (κ3) is 3.85. The van der Waals surface area contributed by atoms with Crippen LogP contribution in [-0.4, -0.2) is 42.1 Å². The Bertz CT molecular complexity index is 251. The first-order valence-corrected chi connectivity index (χ1v) is 4.63. The van der Waals surface area contributed by atoms with Crippen molar-refractivity contribution in [1.29, 1.82) is 0 Å². The average Bonchev–Trinajstić information content (AvgIpc) is 2.43. The fraction of sp³-hybridized carbons (Fsp3) is 0.778. The van der Waals surface area contributed by atoms with Gasteiger partial charge in [-0.1, -0.05) is 0 Å². The van der Waals surface area contributed by atoms with E-state index < -0.39 is 30.4 Å². The van der Waals surface area contributed by atoms with Crippen LogP contribution in [0.5, 0.6) is 0 Å². The second-order valence-corrected chi connectivity index (χ2v) is 3.33. The number of carbonyl (C=O) groups is 2. The molecule has 86 valence electrons. The van der Waals surface area contributed by atoms with Gasteiger partial charge in [0.05, 0.1) is 6.10 Å². The van der Waals surface area contributed by atoms with Crippen molar-refractivity contribution in [2.75, 3.05) is 6.61 Å². The summed E-state index contributed by atoms with van der Waals surface area (Å²) < 4.78 is 14.5. The Morgan fingerprint density at radius 2 is 2.07 bits per heavy atom. The molecule has 3 atom stereocenters. The van der Waals surface area contributed by atoms with Crippen molar-refractivity contribution in [3.63, 3.8) is 0 Å². The highest BCUT2D eigenvalue weighted by Gasteiger charge is 2.36. The number of ether oxygens (including phenoxy) is 3. The molecular weight excluding hydrogens is 204 g/mol. The number of hydrogen-bond acceptors (Lipinski definition) is 6. The van der Waals surface area contributed by atoms with Crippen molar-refractivity contribution in [1.82, 2.24) is 0 Å². The molecular formula is C9H14O6. The van der Waals surface area contributed by atoms with Crippen LogP contribution in [0.1, 0.15) is 20.3 Å². The first-order valence-electron chi connectivity index (χ1n) is 4.63. The van der Waals surface area contributed by atoms with E-state index in [4.69, 9.17) is 14.2 Å². The maximum absolute atomic E-state index is 10.6. The first kappa shape index (κ1) is 11.9. The molecule has 1 rings (SSSR count). The summed E-state index contributed by atoms with van der Waals surface area (Å²) in [4.78, 5) is 21.2. The zero-order chi connectivity index (χ0) is 11.4. The van der Waals surface area contributed by atoms with Gasteiger partial charge in [0, 0.05) is 20.3 Å². The molecule has 1 aliphatic heterocycles. The van der Waals surface area contributed by atoms with Gasteiger partial charge in [-0.2, -0.15) is 0 Å². The normalized spacial score (nSPS) is 29.9. The van der Waals surface area contributed by atoms with Crippen LogP contribution in [-0.2, 0) is 23.8 Å². The second kappa shape index (κ2) is 5.09. The SMILES string of the molecule is CC(=O)OC[C@H]1C[C@@H](OC(C)=O)[C@@H](O)O1. The predicted molar refractivity (Wildman–Crippen MR) is 47.7 cm³/mol. The molecule has 15 heavy (non-hydrogen) atoms. The first-order chi connectivity index (χ1) is 6.99. The van der Waals surface area contributed by atoms with E-state index in [0.717, 1.165) is 0 Å². The third-order valence-corrected chi connectivity index (χ3v) is 1.93. The van der Waals surface area contributed by atoms with Gasteiger partial charge in [-0.25, -0.2) is 0 Å². The molecule has 0 spiro atoms. The van der Waals surface area contributed by atoms with E-state index in [0.29, 0.717) is 6.42 Å². The van der Waals surface area contributed by atoms with Gasteiger partial charge < -0.3 is 19.3 Å². The van der Waals surface area contributed by atoms with Crippen molar-refractivity contribution in [3.8, 4) is 0 Å². The molecule has 0 saturated carbocycles. The second-order valence-electron chi connectivity index (χ2n) is 3.33. The van der Waals surface area contributed by atoms with Crippen molar-refractivity contribution < 1.29 is 28.9 Å². The summed E-state index contributed by atoms with van der Waals surface area (Å²) in [5, 5.41) is 9.33. The van der Waals surface area contributed by atoms with Gasteiger partial charge in [-0.15, -0.1) is 0 Å². The maximum atomic E-state index is 10.6. The quantitative estimate of drug-likeness (QED) is 0.648. The van der Waals surface area contributed by atoms with Crippen LogP contribution in [0.3, 0.4) is 0 Å². The van der Waals surface area contributed by atoms with Crippen molar-refractivity contribution in [2.24, 2.45) is 0 Å².